The van der Waals surface area contributed by atoms with E-state index in [9.17, 15) is 14.4 Å². The molecular formula is C19H18N4O4S. The van der Waals surface area contributed by atoms with Gasteiger partial charge in [-0.15, -0.1) is 11.8 Å². The van der Waals surface area contributed by atoms with Crippen molar-refractivity contribution in [3.63, 3.8) is 0 Å². The number of hydrogen-bond acceptors (Lipinski definition) is 7. The van der Waals surface area contributed by atoms with Gasteiger partial charge in [-0.2, -0.15) is 5.10 Å². The highest BCUT2D eigenvalue weighted by Crippen LogP contribution is 2.27. The Bertz CT molecular complexity index is 1080. The van der Waals surface area contributed by atoms with Gasteiger partial charge in [0.15, 0.2) is 18.0 Å². The maximum atomic E-state index is 12.5. The number of carbonyl (C=O) groups excluding carboxylic acids is 3. The number of benzene rings is 1. The van der Waals surface area contributed by atoms with Crippen LogP contribution in [0.4, 0.5) is 5.69 Å². The minimum Gasteiger partial charge on any atom is -0.454 e. The van der Waals surface area contributed by atoms with Crippen LogP contribution >= 0.6 is 11.8 Å². The number of nitrogens with one attached hydrogen (secondary N) is 1. The van der Waals surface area contributed by atoms with Crippen LogP contribution in [0.5, 0.6) is 0 Å². The van der Waals surface area contributed by atoms with Gasteiger partial charge in [0.25, 0.3) is 0 Å². The van der Waals surface area contributed by atoms with Crippen LogP contribution in [0, 0.1) is 6.92 Å². The topological polar surface area (TPSA) is 103 Å². The van der Waals surface area contributed by atoms with E-state index in [-0.39, 0.29) is 17.3 Å². The summed E-state index contributed by atoms with van der Waals surface area (Å²) in [4.78, 5) is 41.3. The molecule has 0 saturated carbocycles. The van der Waals surface area contributed by atoms with Gasteiger partial charge in [0.2, 0.25) is 5.91 Å². The first-order chi connectivity index (χ1) is 13.4. The first kappa shape index (κ1) is 19.6. The lowest BCUT2D eigenvalue weighted by molar-refractivity contribution is -0.114. The Labute approximate surface area is 165 Å². The number of aromatic nitrogens is 3. The number of esters is 1. The zero-order chi connectivity index (χ0) is 20.3. The molecule has 0 unspecified atom stereocenters. The second-order valence-electron chi connectivity index (χ2n) is 5.94. The summed E-state index contributed by atoms with van der Waals surface area (Å²) in [6.45, 7) is 2.64. The smallest absolute Gasteiger partial charge is 0.344 e. The van der Waals surface area contributed by atoms with E-state index in [1.54, 1.807) is 43.6 Å². The van der Waals surface area contributed by atoms with Crippen LogP contribution < -0.4 is 5.32 Å². The van der Waals surface area contributed by atoms with Gasteiger partial charge in [0.1, 0.15) is 5.56 Å². The number of carbonyl (C=O) groups is 3. The van der Waals surface area contributed by atoms with Gasteiger partial charge in [-0.05, 0) is 31.4 Å². The fourth-order valence-corrected chi connectivity index (χ4v) is 3.22. The lowest BCUT2D eigenvalue weighted by Gasteiger charge is -2.10. The molecule has 2 heterocycles. The summed E-state index contributed by atoms with van der Waals surface area (Å²) in [5.74, 6) is -1.28. The molecule has 0 fully saturated rings. The first-order valence-corrected chi connectivity index (χ1v) is 9.59. The van der Waals surface area contributed by atoms with Gasteiger partial charge in [0.05, 0.1) is 11.4 Å². The maximum Gasteiger partial charge on any atom is 0.344 e. The minimum absolute atomic E-state index is 0.227. The number of ether oxygens (including phenoxy) is 1. The summed E-state index contributed by atoms with van der Waals surface area (Å²) in [7, 11) is 0. The van der Waals surface area contributed by atoms with Gasteiger partial charge < -0.3 is 10.1 Å². The molecule has 0 aliphatic carbocycles. The van der Waals surface area contributed by atoms with Crippen molar-refractivity contribution < 1.29 is 19.1 Å². The monoisotopic (exact) mass is 398 g/mol. The zero-order valence-corrected chi connectivity index (χ0v) is 16.4. The molecular weight excluding hydrogens is 380 g/mol. The number of nitrogens with zero attached hydrogens (tertiary/aromatic N) is 3. The van der Waals surface area contributed by atoms with Crippen LogP contribution in [0.25, 0.3) is 5.65 Å². The summed E-state index contributed by atoms with van der Waals surface area (Å²) in [6, 6.07) is 6.65. The Balaban J connectivity index is 1.75. The zero-order valence-electron chi connectivity index (χ0n) is 15.6. The molecule has 9 heteroatoms. The van der Waals surface area contributed by atoms with Crippen molar-refractivity contribution in [1.82, 2.24) is 14.6 Å². The van der Waals surface area contributed by atoms with Crippen molar-refractivity contribution in [2.24, 2.45) is 0 Å². The van der Waals surface area contributed by atoms with Crippen LogP contribution in [0.15, 0.2) is 41.6 Å². The van der Waals surface area contributed by atoms with Crippen molar-refractivity contribution in [2.45, 2.75) is 18.7 Å². The lowest BCUT2D eigenvalue weighted by Crippen LogP contribution is -2.15. The van der Waals surface area contributed by atoms with E-state index in [1.165, 1.54) is 23.2 Å². The molecule has 2 aromatic heterocycles. The Morgan fingerprint density at radius 1 is 1.29 bits per heavy atom. The number of anilines is 1. The highest BCUT2D eigenvalue weighted by Gasteiger charge is 2.21. The van der Waals surface area contributed by atoms with Crippen molar-refractivity contribution in [3.8, 4) is 0 Å². The van der Waals surface area contributed by atoms with Gasteiger partial charge in [0, 0.05) is 29.8 Å². The molecule has 0 spiro atoms. The quantitative estimate of drug-likeness (QED) is 0.387. The largest absolute Gasteiger partial charge is 0.454 e. The number of amides is 1. The van der Waals surface area contributed by atoms with Crippen LogP contribution in [-0.4, -0.2) is 45.1 Å². The molecule has 1 amide bonds. The molecule has 1 N–H and O–H groups in total. The van der Waals surface area contributed by atoms with E-state index in [0.717, 1.165) is 4.90 Å². The van der Waals surface area contributed by atoms with E-state index in [2.05, 4.69) is 15.4 Å². The molecule has 0 atom stereocenters. The first-order valence-electron chi connectivity index (χ1n) is 8.36. The Morgan fingerprint density at radius 3 is 2.79 bits per heavy atom. The second kappa shape index (κ2) is 8.22. The summed E-state index contributed by atoms with van der Waals surface area (Å²) in [6.07, 6.45) is 5.10. The lowest BCUT2D eigenvalue weighted by atomic mass is 10.1. The average molecular weight is 398 g/mol. The van der Waals surface area contributed by atoms with Crippen molar-refractivity contribution in [1.29, 1.82) is 0 Å². The van der Waals surface area contributed by atoms with Gasteiger partial charge in [-0.1, -0.05) is 6.07 Å². The van der Waals surface area contributed by atoms with Crippen LogP contribution in [-0.2, 0) is 9.53 Å². The predicted molar refractivity (Wildman–Crippen MR) is 105 cm³/mol. The Morgan fingerprint density at radius 2 is 2.07 bits per heavy atom. The van der Waals surface area contributed by atoms with Crippen molar-refractivity contribution >= 4 is 40.8 Å². The summed E-state index contributed by atoms with van der Waals surface area (Å²) >= 11 is 1.45. The fraction of sp³-hybridized carbons (Fsp3) is 0.211. The van der Waals surface area contributed by atoms with E-state index >= 15 is 0 Å². The second-order valence-corrected chi connectivity index (χ2v) is 6.79. The Kier molecular flexibility index (Phi) is 5.74. The molecule has 0 radical (unpaired) electrons. The molecule has 0 aliphatic rings. The number of fused-ring (bicyclic) bond motifs is 1. The van der Waals surface area contributed by atoms with Gasteiger partial charge in [-0.3, -0.25) is 9.59 Å². The fourth-order valence-electron chi connectivity index (χ4n) is 2.69. The molecule has 3 rings (SSSR count). The normalized spacial score (nSPS) is 10.7. The number of hydrogen-bond donors (Lipinski definition) is 1. The number of aryl methyl sites for hydroxylation is 1. The number of rotatable bonds is 6. The summed E-state index contributed by atoms with van der Waals surface area (Å²) in [5, 5.41) is 6.90. The molecule has 28 heavy (non-hydrogen) atoms. The van der Waals surface area contributed by atoms with E-state index in [4.69, 9.17) is 4.74 Å². The molecule has 0 bridgehead atoms. The van der Waals surface area contributed by atoms with Crippen molar-refractivity contribution in [3.05, 3.63) is 53.5 Å². The molecule has 0 aliphatic heterocycles. The Hall–Kier alpha value is -3.20. The standard InChI is InChI=1S/C19H18N4O4S/c1-11-17(18-20-7-4-8-23(18)22-11)19(26)27-10-15(25)13-5-6-16(28-3)14(9-13)21-12(2)24/h4-9H,10H2,1-3H3,(H,21,24). The van der Waals surface area contributed by atoms with Crippen LogP contribution in [0.1, 0.15) is 33.3 Å². The van der Waals surface area contributed by atoms with Gasteiger partial charge >= 0.3 is 5.97 Å². The molecule has 0 saturated heterocycles. The van der Waals surface area contributed by atoms with E-state index < -0.39 is 12.6 Å². The third-order valence-electron chi connectivity index (χ3n) is 3.94. The number of Topliss-reactive ketones (excluding diaryl/α,β-unsaturated/α-hetero) is 1. The number of thioether (sulfide) groups is 1. The van der Waals surface area contributed by atoms with Gasteiger partial charge in [-0.25, -0.2) is 14.3 Å². The summed E-state index contributed by atoms with van der Waals surface area (Å²) in [5.41, 5.74) is 1.94. The number of ketones is 1. The molecule has 8 nitrogen and oxygen atoms in total. The third-order valence-corrected chi connectivity index (χ3v) is 4.74. The summed E-state index contributed by atoms with van der Waals surface area (Å²) < 4.78 is 6.68. The van der Waals surface area contributed by atoms with E-state index in [1.807, 2.05) is 6.26 Å². The van der Waals surface area contributed by atoms with Crippen molar-refractivity contribution in [2.75, 3.05) is 18.2 Å². The maximum absolute atomic E-state index is 12.5. The highest BCUT2D eigenvalue weighted by atomic mass is 32.2. The molecule has 3 aromatic rings. The third kappa shape index (κ3) is 4.04. The van der Waals surface area contributed by atoms with Crippen LogP contribution in [0.3, 0.4) is 0 Å². The van der Waals surface area contributed by atoms with Crippen LogP contribution in [0.2, 0.25) is 0 Å². The van der Waals surface area contributed by atoms with E-state index in [0.29, 0.717) is 22.6 Å². The molecule has 144 valence electrons. The predicted octanol–water partition coefficient (Wildman–Crippen LogP) is 2.76. The SMILES string of the molecule is CSc1ccc(C(=O)COC(=O)c2c(C)nn3cccnc23)cc1NC(C)=O. The average Bonchev–Trinajstić information content (AvgIpc) is 3.01. The highest BCUT2D eigenvalue weighted by molar-refractivity contribution is 7.98. The molecule has 1 aromatic carbocycles. The minimum atomic E-state index is -0.664.